The van der Waals surface area contributed by atoms with Gasteiger partial charge in [-0.3, -0.25) is 14.4 Å². The second-order valence-corrected chi connectivity index (χ2v) is 8.60. The maximum Gasteiger partial charge on any atom is 0.338 e. The number of nitrogens with two attached hydrogens (primary N) is 2. The van der Waals surface area contributed by atoms with Crippen molar-refractivity contribution in [3.05, 3.63) is 100 Å². The molecule has 0 spiro atoms. The van der Waals surface area contributed by atoms with Crippen molar-refractivity contribution in [2.75, 3.05) is 13.2 Å². The van der Waals surface area contributed by atoms with Crippen LogP contribution in [-0.4, -0.2) is 42.7 Å². The maximum absolute atomic E-state index is 12.8. The molecule has 0 fully saturated rings. The minimum absolute atomic E-state index is 0.0647. The zero-order valence-corrected chi connectivity index (χ0v) is 20.4. The Kier molecular flexibility index (Phi) is 8.12. The molecule has 1 heterocycles. The third-order valence-corrected chi connectivity index (χ3v) is 5.81. The van der Waals surface area contributed by atoms with Gasteiger partial charge in [-0.25, -0.2) is 4.79 Å². The van der Waals surface area contributed by atoms with Crippen molar-refractivity contribution in [1.29, 1.82) is 0 Å². The van der Waals surface area contributed by atoms with Gasteiger partial charge in [0.25, 0.3) is 11.8 Å². The highest BCUT2D eigenvalue weighted by molar-refractivity contribution is 6.04. The Morgan fingerprint density at radius 1 is 0.974 bits per heavy atom. The normalized spacial score (nSPS) is 12.1. The molecule has 4 rings (SSSR count). The summed E-state index contributed by atoms with van der Waals surface area (Å²) >= 11 is 0. The fourth-order valence-electron chi connectivity index (χ4n) is 3.97. The quantitative estimate of drug-likeness (QED) is 0.222. The highest BCUT2D eigenvalue weighted by Crippen LogP contribution is 2.21. The Labute approximate surface area is 218 Å². The van der Waals surface area contributed by atoms with Gasteiger partial charge in [0.1, 0.15) is 19.0 Å². The number of benzene rings is 3. The van der Waals surface area contributed by atoms with Gasteiger partial charge in [-0.15, -0.1) is 0 Å². The summed E-state index contributed by atoms with van der Waals surface area (Å²) in [6.07, 6.45) is 0.489. The van der Waals surface area contributed by atoms with Crippen LogP contribution in [0.1, 0.15) is 47.8 Å². The van der Waals surface area contributed by atoms with E-state index in [-0.39, 0.29) is 48.0 Å². The first-order chi connectivity index (χ1) is 18.3. The molecule has 0 saturated carbocycles. The third-order valence-electron chi connectivity index (χ3n) is 5.81. The molecule has 5 N–H and O–H groups in total. The number of ketones is 1. The summed E-state index contributed by atoms with van der Waals surface area (Å²) < 4.78 is 11.0. The standard InChI is InChI=1S/C28H26N4O6/c29-28(30)32-26(35)23-9-7-19(27(36)38-15-17-4-2-1-3-5-17)12-20(23)13-21(33)16-37-22-8-6-18-10-11-31-25(34)24(18)14-22/h1-9,12,14H,10-11,13,15-16H2,(H,31,34)(H4,29,30,32,35). The van der Waals surface area contributed by atoms with Crippen molar-refractivity contribution in [1.82, 2.24) is 5.32 Å². The number of Topliss-reactive ketones (excluding diaryl/α,β-unsaturated/α-hetero) is 1. The van der Waals surface area contributed by atoms with Crippen molar-refractivity contribution in [3.8, 4) is 5.75 Å². The molecule has 1 aliphatic rings. The van der Waals surface area contributed by atoms with Gasteiger partial charge in [0.15, 0.2) is 11.7 Å². The molecule has 0 aliphatic carbocycles. The minimum Gasteiger partial charge on any atom is -0.486 e. The number of amides is 2. The van der Waals surface area contributed by atoms with Crippen LogP contribution in [0.2, 0.25) is 0 Å². The van der Waals surface area contributed by atoms with Crippen molar-refractivity contribution >= 4 is 29.5 Å². The zero-order valence-electron chi connectivity index (χ0n) is 20.4. The van der Waals surface area contributed by atoms with Gasteiger partial charge in [0.05, 0.1) is 5.56 Å². The lowest BCUT2D eigenvalue weighted by molar-refractivity contribution is -0.120. The van der Waals surface area contributed by atoms with Crippen molar-refractivity contribution < 1.29 is 28.7 Å². The van der Waals surface area contributed by atoms with Crippen LogP contribution in [0.25, 0.3) is 0 Å². The second kappa shape index (κ2) is 11.8. The van der Waals surface area contributed by atoms with E-state index in [2.05, 4.69) is 10.3 Å². The summed E-state index contributed by atoms with van der Waals surface area (Å²) in [5, 5.41) is 2.77. The lowest BCUT2D eigenvalue weighted by Gasteiger charge is -2.17. The molecule has 0 atom stereocenters. The summed E-state index contributed by atoms with van der Waals surface area (Å²) in [6.45, 7) is 0.318. The monoisotopic (exact) mass is 514 g/mol. The van der Waals surface area contributed by atoms with Gasteiger partial charge in [0, 0.05) is 24.1 Å². The summed E-state index contributed by atoms with van der Waals surface area (Å²) in [6, 6.07) is 18.4. The van der Waals surface area contributed by atoms with Crippen LogP contribution in [0.4, 0.5) is 0 Å². The molecule has 2 amide bonds. The van der Waals surface area contributed by atoms with E-state index >= 15 is 0 Å². The first-order valence-electron chi connectivity index (χ1n) is 11.8. The van der Waals surface area contributed by atoms with E-state index < -0.39 is 17.8 Å². The van der Waals surface area contributed by atoms with Crippen LogP contribution < -0.4 is 21.5 Å². The largest absolute Gasteiger partial charge is 0.486 e. The van der Waals surface area contributed by atoms with Crippen LogP contribution in [0.15, 0.2) is 71.7 Å². The Bertz CT molecular complexity index is 1410. The summed E-state index contributed by atoms with van der Waals surface area (Å²) in [5.41, 5.74) is 13.4. The minimum atomic E-state index is -0.751. The molecule has 10 heteroatoms. The number of ether oxygens (including phenoxy) is 2. The molecule has 0 aromatic heterocycles. The zero-order chi connectivity index (χ0) is 27.1. The number of carbonyl (C=O) groups is 4. The number of fused-ring (bicyclic) bond motifs is 1. The first-order valence-corrected chi connectivity index (χ1v) is 11.8. The van der Waals surface area contributed by atoms with E-state index in [1.165, 1.54) is 18.2 Å². The van der Waals surface area contributed by atoms with Gasteiger partial charge in [-0.05, 0) is 53.4 Å². The Hall–Kier alpha value is -4.99. The molecule has 0 radical (unpaired) electrons. The van der Waals surface area contributed by atoms with E-state index in [1.54, 1.807) is 18.2 Å². The highest BCUT2D eigenvalue weighted by atomic mass is 16.5. The van der Waals surface area contributed by atoms with Gasteiger partial charge in [-0.1, -0.05) is 36.4 Å². The number of hydrogen-bond donors (Lipinski definition) is 3. The Morgan fingerprint density at radius 3 is 2.53 bits per heavy atom. The summed E-state index contributed by atoms with van der Waals surface area (Å²) in [7, 11) is 0. The number of hydrogen-bond acceptors (Lipinski definition) is 6. The fraction of sp³-hybridized carbons (Fsp3) is 0.179. The third kappa shape index (κ3) is 6.61. The average Bonchev–Trinajstić information content (AvgIpc) is 2.91. The molecule has 3 aromatic carbocycles. The number of rotatable bonds is 9. The van der Waals surface area contributed by atoms with E-state index in [9.17, 15) is 19.2 Å². The molecular weight excluding hydrogens is 488 g/mol. The number of esters is 1. The predicted molar refractivity (Wildman–Crippen MR) is 139 cm³/mol. The molecule has 0 saturated heterocycles. The average molecular weight is 515 g/mol. The van der Waals surface area contributed by atoms with E-state index in [0.717, 1.165) is 17.5 Å². The summed E-state index contributed by atoms with van der Waals surface area (Å²) in [4.78, 5) is 53.6. The molecule has 1 aliphatic heterocycles. The number of carbonyl (C=O) groups excluding carboxylic acids is 4. The smallest absolute Gasteiger partial charge is 0.338 e. The van der Waals surface area contributed by atoms with Crippen LogP contribution in [0.5, 0.6) is 5.75 Å². The van der Waals surface area contributed by atoms with Gasteiger partial charge in [-0.2, -0.15) is 4.99 Å². The lowest BCUT2D eigenvalue weighted by Crippen LogP contribution is -2.31. The van der Waals surface area contributed by atoms with Crippen LogP contribution >= 0.6 is 0 Å². The van der Waals surface area contributed by atoms with Crippen molar-refractivity contribution in [3.63, 3.8) is 0 Å². The van der Waals surface area contributed by atoms with Crippen LogP contribution in [-0.2, 0) is 29.0 Å². The first kappa shape index (κ1) is 26.1. The van der Waals surface area contributed by atoms with E-state index in [1.807, 2.05) is 30.3 Å². The number of nitrogens with one attached hydrogen (secondary N) is 1. The van der Waals surface area contributed by atoms with E-state index in [4.69, 9.17) is 20.9 Å². The number of nitrogens with zero attached hydrogens (tertiary/aromatic N) is 1. The maximum atomic E-state index is 12.8. The molecule has 3 aromatic rings. The molecular formula is C28H26N4O6. The second-order valence-electron chi connectivity index (χ2n) is 8.60. The van der Waals surface area contributed by atoms with E-state index in [0.29, 0.717) is 17.9 Å². The highest BCUT2D eigenvalue weighted by Gasteiger charge is 2.20. The Morgan fingerprint density at radius 2 is 1.76 bits per heavy atom. The van der Waals surface area contributed by atoms with Gasteiger partial charge < -0.3 is 26.3 Å². The van der Waals surface area contributed by atoms with Crippen LogP contribution in [0, 0.1) is 0 Å². The molecule has 0 unspecified atom stereocenters. The fourth-order valence-corrected chi connectivity index (χ4v) is 3.97. The van der Waals surface area contributed by atoms with Crippen LogP contribution in [0.3, 0.4) is 0 Å². The SMILES string of the molecule is NC(N)=NC(=O)c1ccc(C(=O)OCc2ccccc2)cc1CC(=O)COc1ccc2c(c1)C(=O)NCC2. The molecule has 10 nitrogen and oxygen atoms in total. The number of aliphatic imine (C=N–C) groups is 1. The van der Waals surface area contributed by atoms with Crippen molar-refractivity contribution in [2.45, 2.75) is 19.4 Å². The van der Waals surface area contributed by atoms with Gasteiger partial charge >= 0.3 is 5.97 Å². The van der Waals surface area contributed by atoms with Crippen molar-refractivity contribution in [2.24, 2.45) is 16.5 Å². The number of guanidine groups is 1. The topological polar surface area (TPSA) is 163 Å². The predicted octanol–water partition coefficient (Wildman–Crippen LogP) is 1.93. The summed E-state index contributed by atoms with van der Waals surface area (Å²) in [5.74, 6) is -2.00. The van der Waals surface area contributed by atoms with Gasteiger partial charge in [0.2, 0.25) is 0 Å². The molecule has 194 valence electrons. The molecule has 38 heavy (non-hydrogen) atoms. The Balaban J connectivity index is 1.48. The molecule has 0 bridgehead atoms. The lowest BCUT2D eigenvalue weighted by atomic mass is 9.98.